The van der Waals surface area contributed by atoms with E-state index in [-0.39, 0.29) is 11.5 Å². The van der Waals surface area contributed by atoms with Crippen molar-refractivity contribution in [1.82, 2.24) is 9.97 Å². The van der Waals surface area contributed by atoms with E-state index in [1.54, 1.807) is 18.5 Å². The van der Waals surface area contributed by atoms with Gasteiger partial charge in [-0.15, -0.1) is 0 Å². The highest BCUT2D eigenvalue weighted by Crippen LogP contribution is 2.10. The summed E-state index contributed by atoms with van der Waals surface area (Å²) in [6.45, 7) is 0. The van der Waals surface area contributed by atoms with Crippen molar-refractivity contribution < 1.29 is 9.90 Å². The lowest BCUT2D eigenvalue weighted by molar-refractivity contribution is 0.103. The summed E-state index contributed by atoms with van der Waals surface area (Å²) in [5.41, 5.74) is 0.880. The minimum atomic E-state index is -0.161. The van der Waals surface area contributed by atoms with E-state index in [4.69, 9.17) is 5.11 Å². The van der Waals surface area contributed by atoms with Gasteiger partial charge in [-0.1, -0.05) is 0 Å². The smallest absolute Gasteiger partial charge is 0.212 e. The first-order chi connectivity index (χ1) is 6.77. The number of ketones is 1. The molecule has 0 amide bonds. The van der Waals surface area contributed by atoms with Crippen LogP contribution in [-0.4, -0.2) is 20.9 Å². The van der Waals surface area contributed by atoms with Crippen LogP contribution in [0.4, 0.5) is 0 Å². The van der Waals surface area contributed by atoms with Crippen LogP contribution < -0.4 is 0 Å². The Morgan fingerprint density at radius 2 is 2.21 bits per heavy atom. The zero-order valence-electron chi connectivity index (χ0n) is 7.27. The van der Waals surface area contributed by atoms with Crippen molar-refractivity contribution in [2.75, 3.05) is 0 Å². The molecule has 0 radical (unpaired) electrons. The fraction of sp³-hybridized carbons (Fsp3) is 0. The fourth-order valence-electron chi connectivity index (χ4n) is 1.13. The standard InChI is InChI=1S/C10H8N2O2/c13-8-1-2-9(12-6-8)10(14)7-3-4-11-5-7/h1-6,11,13H. The summed E-state index contributed by atoms with van der Waals surface area (Å²) in [6, 6.07) is 4.61. The molecule has 4 heteroatoms. The van der Waals surface area contributed by atoms with Gasteiger partial charge in [0, 0.05) is 18.0 Å². The molecule has 0 saturated carbocycles. The lowest BCUT2D eigenvalue weighted by atomic mass is 10.1. The number of pyridine rings is 1. The van der Waals surface area contributed by atoms with Gasteiger partial charge < -0.3 is 10.1 Å². The Balaban J connectivity index is 2.33. The van der Waals surface area contributed by atoms with Crippen LogP contribution >= 0.6 is 0 Å². The molecule has 0 fully saturated rings. The van der Waals surface area contributed by atoms with Crippen LogP contribution in [0.15, 0.2) is 36.8 Å². The average Bonchev–Trinajstić information content (AvgIpc) is 2.71. The minimum absolute atomic E-state index is 0.0515. The number of aromatic hydroxyl groups is 1. The van der Waals surface area contributed by atoms with E-state index in [0.717, 1.165) is 0 Å². The number of nitrogens with one attached hydrogen (secondary N) is 1. The van der Waals surface area contributed by atoms with Crippen LogP contribution in [-0.2, 0) is 0 Å². The molecule has 2 heterocycles. The lowest BCUT2D eigenvalue weighted by Gasteiger charge is -1.96. The molecule has 0 unspecified atom stereocenters. The van der Waals surface area contributed by atoms with Crippen LogP contribution in [0.2, 0.25) is 0 Å². The molecule has 2 aromatic heterocycles. The molecule has 4 nitrogen and oxygen atoms in total. The number of carbonyl (C=O) groups is 1. The van der Waals surface area contributed by atoms with Crippen molar-refractivity contribution in [3.63, 3.8) is 0 Å². The topological polar surface area (TPSA) is 66.0 Å². The van der Waals surface area contributed by atoms with Crippen molar-refractivity contribution in [3.8, 4) is 5.75 Å². The van der Waals surface area contributed by atoms with E-state index >= 15 is 0 Å². The summed E-state index contributed by atoms with van der Waals surface area (Å²) < 4.78 is 0. The summed E-state index contributed by atoms with van der Waals surface area (Å²) >= 11 is 0. The van der Waals surface area contributed by atoms with E-state index in [1.807, 2.05) is 0 Å². The quantitative estimate of drug-likeness (QED) is 0.699. The van der Waals surface area contributed by atoms with E-state index in [0.29, 0.717) is 11.3 Å². The molecule has 0 bridgehead atoms. The molecular weight excluding hydrogens is 180 g/mol. The highest BCUT2D eigenvalue weighted by molar-refractivity contribution is 6.07. The van der Waals surface area contributed by atoms with Gasteiger partial charge in [-0.25, -0.2) is 4.98 Å². The summed E-state index contributed by atoms with van der Waals surface area (Å²) in [6.07, 6.45) is 4.53. The number of H-pyrrole nitrogens is 1. The zero-order valence-corrected chi connectivity index (χ0v) is 7.27. The van der Waals surface area contributed by atoms with Crippen LogP contribution in [0.5, 0.6) is 5.75 Å². The normalized spacial score (nSPS) is 10.0. The summed E-state index contributed by atoms with van der Waals surface area (Å²) in [4.78, 5) is 18.3. The number of hydrogen-bond donors (Lipinski definition) is 2. The van der Waals surface area contributed by atoms with Crippen molar-refractivity contribution >= 4 is 5.78 Å². The molecule has 2 N–H and O–H groups in total. The highest BCUT2D eigenvalue weighted by Gasteiger charge is 2.09. The summed E-state index contributed by atoms with van der Waals surface area (Å²) in [5, 5.41) is 8.99. The molecule has 2 aromatic rings. The Bertz CT molecular complexity index is 432. The van der Waals surface area contributed by atoms with Gasteiger partial charge >= 0.3 is 0 Å². The van der Waals surface area contributed by atoms with Crippen molar-refractivity contribution in [2.24, 2.45) is 0 Å². The van der Waals surface area contributed by atoms with Crippen LogP contribution in [0, 0.1) is 0 Å². The first-order valence-corrected chi connectivity index (χ1v) is 4.10. The minimum Gasteiger partial charge on any atom is -0.506 e. The van der Waals surface area contributed by atoms with Crippen molar-refractivity contribution in [2.45, 2.75) is 0 Å². The Morgan fingerprint density at radius 1 is 1.36 bits per heavy atom. The Hall–Kier alpha value is -2.10. The van der Waals surface area contributed by atoms with Gasteiger partial charge in [-0.3, -0.25) is 4.79 Å². The van der Waals surface area contributed by atoms with Gasteiger partial charge in [0.25, 0.3) is 0 Å². The van der Waals surface area contributed by atoms with E-state index in [2.05, 4.69) is 9.97 Å². The maximum absolute atomic E-state index is 11.7. The molecular formula is C10H8N2O2. The Morgan fingerprint density at radius 3 is 2.79 bits per heavy atom. The Labute approximate surface area is 80.2 Å². The number of rotatable bonds is 2. The third-order valence-corrected chi connectivity index (χ3v) is 1.84. The molecule has 0 spiro atoms. The SMILES string of the molecule is O=C(c1cc[nH]c1)c1ccc(O)cn1. The number of aromatic amines is 1. The van der Waals surface area contributed by atoms with Gasteiger partial charge in [0.2, 0.25) is 5.78 Å². The maximum Gasteiger partial charge on any atom is 0.212 e. The monoisotopic (exact) mass is 188 g/mol. The first-order valence-electron chi connectivity index (χ1n) is 4.10. The predicted molar refractivity (Wildman–Crippen MR) is 50.1 cm³/mol. The molecule has 0 aliphatic heterocycles. The maximum atomic E-state index is 11.7. The molecule has 0 atom stereocenters. The second-order valence-corrected chi connectivity index (χ2v) is 2.83. The fourth-order valence-corrected chi connectivity index (χ4v) is 1.13. The third kappa shape index (κ3) is 1.50. The van der Waals surface area contributed by atoms with Crippen molar-refractivity contribution in [3.05, 3.63) is 48.0 Å². The number of aromatic nitrogens is 2. The lowest BCUT2D eigenvalue weighted by Crippen LogP contribution is -2.01. The van der Waals surface area contributed by atoms with E-state index < -0.39 is 0 Å². The molecule has 2 rings (SSSR count). The number of nitrogens with zero attached hydrogens (tertiary/aromatic N) is 1. The largest absolute Gasteiger partial charge is 0.506 e. The molecule has 0 aliphatic rings. The molecule has 14 heavy (non-hydrogen) atoms. The Kier molecular flexibility index (Phi) is 2.02. The van der Waals surface area contributed by atoms with Gasteiger partial charge in [0.1, 0.15) is 11.4 Å². The second kappa shape index (κ2) is 3.33. The second-order valence-electron chi connectivity index (χ2n) is 2.83. The van der Waals surface area contributed by atoms with Crippen LogP contribution in [0.3, 0.4) is 0 Å². The van der Waals surface area contributed by atoms with Crippen LogP contribution in [0.1, 0.15) is 16.1 Å². The highest BCUT2D eigenvalue weighted by atomic mass is 16.3. The van der Waals surface area contributed by atoms with Gasteiger partial charge in [0.15, 0.2) is 0 Å². The van der Waals surface area contributed by atoms with Gasteiger partial charge in [-0.05, 0) is 18.2 Å². The first kappa shape index (κ1) is 8.50. The molecule has 0 aromatic carbocycles. The molecule has 70 valence electrons. The van der Waals surface area contributed by atoms with Gasteiger partial charge in [0.05, 0.1) is 6.20 Å². The molecule has 0 aliphatic carbocycles. The van der Waals surface area contributed by atoms with Crippen LogP contribution in [0.25, 0.3) is 0 Å². The summed E-state index contributed by atoms with van der Waals surface area (Å²) in [7, 11) is 0. The van der Waals surface area contributed by atoms with Crippen molar-refractivity contribution in [1.29, 1.82) is 0 Å². The number of carbonyl (C=O) groups excluding carboxylic acids is 1. The van der Waals surface area contributed by atoms with Gasteiger partial charge in [-0.2, -0.15) is 0 Å². The summed E-state index contributed by atoms with van der Waals surface area (Å²) in [5.74, 6) is -0.109. The predicted octanol–water partition coefficient (Wildman–Crippen LogP) is 1.35. The number of hydrogen-bond acceptors (Lipinski definition) is 3. The molecule has 0 saturated heterocycles. The van der Waals surface area contributed by atoms with E-state index in [9.17, 15) is 4.79 Å². The zero-order chi connectivity index (χ0) is 9.97. The van der Waals surface area contributed by atoms with E-state index in [1.165, 1.54) is 18.3 Å². The third-order valence-electron chi connectivity index (χ3n) is 1.84. The average molecular weight is 188 g/mol.